The van der Waals surface area contributed by atoms with Gasteiger partial charge in [-0.25, -0.2) is 0 Å². The molecule has 0 amide bonds. The van der Waals surface area contributed by atoms with Crippen molar-refractivity contribution in [2.75, 3.05) is 13.1 Å². The molecule has 0 aliphatic rings. The van der Waals surface area contributed by atoms with E-state index in [-0.39, 0.29) is 0 Å². The smallest absolute Gasteiger partial charge is 0.0995 e. The van der Waals surface area contributed by atoms with Crippen molar-refractivity contribution in [3.8, 4) is 6.07 Å². The molecule has 0 saturated heterocycles. The SMILES string of the molecule is CCN(Cc1ccccc1C#N)CC(C)(C)O. The van der Waals surface area contributed by atoms with Gasteiger partial charge in [-0.05, 0) is 32.0 Å². The first-order valence-electron chi connectivity index (χ1n) is 5.89. The van der Waals surface area contributed by atoms with Crippen LogP contribution in [-0.4, -0.2) is 28.7 Å². The first kappa shape index (κ1) is 13.7. The highest BCUT2D eigenvalue weighted by molar-refractivity contribution is 5.37. The van der Waals surface area contributed by atoms with Gasteiger partial charge < -0.3 is 5.11 Å². The predicted octanol–water partition coefficient (Wildman–Crippen LogP) is 2.15. The standard InChI is InChI=1S/C14H20N2O/c1-4-16(11-14(2,3)17)10-13-8-6-5-7-12(13)9-15/h5-8,17H,4,10-11H2,1-3H3. The summed E-state index contributed by atoms with van der Waals surface area (Å²) in [5, 5.41) is 18.8. The van der Waals surface area contributed by atoms with Crippen molar-refractivity contribution in [1.82, 2.24) is 4.90 Å². The molecular formula is C14H20N2O. The van der Waals surface area contributed by atoms with Crippen molar-refractivity contribution in [3.63, 3.8) is 0 Å². The van der Waals surface area contributed by atoms with Gasteiger partial charge in [-0.2, -0.15) is 5.26 Å². The summed E-state index contributed by atoms with van der Waals surface area (Å²) >= 11 is 0. The fourth-order valence-corrected chi connectivity index (χ4v) is 1.83. The molecule has 0 bridgehead atoms. The Kier molecular flexibility index (Phi) is 4.68. The lowest BCUT2D eigenvalue weighted by Gasteiger charge is -2.28. The van der Waals surface area contributed by atoms with Gasteiger partial charge in [0.05, 0.1) is 17.2 Å². The van der Waals surface area contributed by atoms with Gasteiger partial charge in [0.15, 0.2) is 0 Å². The molecule has 92 valence electrons. The first-order chi connectivity index (χ1) is 7.96. The third kappa shape index (κ3) is 4.56. The number of rotatable bonds is 5. The predicted molar refractivity (Wildman–Crippen MR) is 68.4 cm³/mol. The molecule has 0 unspecified atom stereocenters. The van der Waals surface area contributed by atoms with Gasteiger partial charge in [0.2, 0.25) is 0 Å². The number of benzene rings is 1. The highest BCUT2D eigenvalue weighted by Crippen LogP contribution is 2.13. The first-order valence-corrected chi connectivity index (χ1v) is 5.89. The van der Waals surface area contributed by atoms with Crippen molar-refractivity contribution in [2.24, 2.45) is 0 Å². The summed E-state index contributed by atoms with van der Waals surface area (Å²) in [5.74, 6) is 0. The van der Waals surface area contributed by atoms with E-state index < -0.39 is 5.60 Å². The Morgan fingerprint density at radius 3 is 2.53 bits per heavy atom. The maximum Gasteiger partial charge on any atom is 0.0995 e. The Bertz CT molecular complexity index is 401. The van der Waals surface area contributed by atoms with Crippen LogP contribution >= 0.6 is 0 Å². The lowest BCUT2D eigenvalue weighted by atomic mass is 10.1. The maximum absolute atomic E-state index is 9.82. The van der Waals surface area contributed by atoms with E-state index in [2.05, 4.69) is 17.9 Å². The van der Waals surface area contributed by atoms with E-state index >= 15 is 0 Å². The van der Waals surface area contributed by atoms with E-state index in [1.165, 1.54) is 0 Å². The highest BCUT2D eigenvalue weighted by atomic mass is 16.3. The van der Waals surface area contributed by atoms with E-state index in [0.29, 0.717) is 18.7 Å². The molecule has 0 spiro atoms. The number of hydrogen-bond acceptors (Lipinski definition) is 3. The largest absolute Gasteiger partial charge is 0.389 e. The highest BCUT2D eigenvalue weighted by Gasteiger charge is 2.17. The van der Waals surface area contributed by atoms with Crippen molar-refractivity contribution >= 4 is 0 Å². The van der Waals surface area contributed by atoms with Crippen molar-refractivity contribution in [2.45, 2.75) is 32.9 Å². The zero-order chi connectivity index (χ0) is 12.9. The van der Waals surface area contributed by atoms with Gasteiger partial charge in [0, 0.05) is 13.1 Å². The molecule has 1 rings (SSSR count). The fourth-order valence-electron chi connectivity index (χ4n) is 1.83. The van der Waals surface area contributed by atoms with Crippen LogP contribution in [0.25, 0.3) is 0 Å². The third-order valence-corrected chi connectivity index (χ3v) is 2.59. The number of likely N-dealkylation sites (N-methyl/N-ethyl adjacent to an activating group) is 1. The Labute approximate surface area is 103 Å². The van der Waals surface area contributed by atoms with Crippen LogP contribution in [0.2, 0.25) is 0 Å². The van der Waals surface area contributed by atoms with Gasteiger partial charge >= 0.3 is 0 Å². The summed E-state index contributed by atoms with van der Waals surface area (Å²) in [7, 11) is 0. The van der Waals surface area contributed by atoms with Crippen LogP contribution < -0.4 is 0 Å². The van der Waals surface area contributed by atoms with Gasteiger partial charge in [0.1, 0.15) is 0 Å². The minimum Gasteiger partial charge on any atom is -0.389 e. The lowest BCUT2D eigenvalue weighted by molar-refractivity contribution is 0.0353. The summed E-state index contributed by atoms with van der Waals surface area (Å²) in [4.78, 5) is 2.14. The van der Waals surface area contributed by atoms with Gasteiger partial charge in [-0.15, -0.1) is 0 Å². The Morgan fingerprint density at radius 2 is 2.00 bits per heavy atom. The Hall–Kier alpha value is -1.37. The van der Waals surface area contributed by atoms with Crippen LogP contribution in [0.5, 0.6) is 0 Å². The molecule has 3 heteroatoms. The van der Waals surface area contributed by atoms with Crippen molar-refractivity contribution in [1.29, 1.82) is 5.26 Å². The minimum atomic E-state index is -0.711. The van der Waals surface area contributed by atoms with Gasteiger partial charge in [-0.1, -0.05) is 25.1 Å². The number of nitrogens with zero attached hydrogens (tertiary/aromatic N) is 2. The van der Waals surface area contributed by atoms with E-state index in [9.17, 15) is 5.11 Å². The molecule has 0 fully saturated rings. The maximum atomic E-state index is 9.82. The number of nitriles is 1. The van der Waals surface area contributed by atoms with Crippen LogP contribution in [0, 0.1) is 11.3 Å². The van der Waals surface area contributed by atoms with Crippen LogP contribution in [0.1, 0.15) is 31.9 Å². The molecule has 17 heavy (non-hydrogen) atoms. The summed E-state index contributed by atoms with van der Waals surface area (Å²) in [5.41, 5.74) is 1.01. The zero-order valence-electron chi connectivity index (χ0n) is 10.8. The minimum absolute atomic E-state index is 0.600. The van der Waals surface area contributed by atoms with E-state index in [1.54, 1.807) is 13.8 Å². The molecule has 0 heterocycles. The second kappa shape index (κ2) is 5.81. The monoisotopic (exact) mass is 232 g/mol. The summed E-state index contributed by atoms with van der Waals surface area (Å²) < 4.78 is 0. The average molecular weight is 232 g/mol. The average Bonchev–Trinajstić information content (AvgIpc) is 2.27. The Morgan fingerprint density at radius 1 is 1.35 bits per heavy atom. The van der Waals surface area contributed by atoms with Crippen LogP contribution in [-0.2, 0) is 6.54 Å². The summed E-state index contributed by atoms with van der Waals surface area (Å²) in [6.45, 7) is 7.80. The zero-order valence-corrected chi connectivity index (χ0v) is 10.8. The van der Waals surface area contributed by atoms with Crippen LogP contribution in [0.15, 0.2) is 24.3 Å². The molecule has 0 saturated carbocycles. The Balaban J connectivity index is 2.78. The van der Waals surface area contributed by atoms with Crippen molar-refractivity contribution in [3.05, 3.63) is 35.4 Å². The van der Waals surface area contributed by atoms with Gasteiger partial charge in [-0.3, -0.25) is 4.90 Å². The normalized spacial score (nSPS) is 11.5. The molecule has 0 aliphatic heterocycles. The molecule has 0 atom stereocenters. The van der Waals surface area contributed by atoms with E-state index in [4.69, 9.17) is 5.26 Å². The number of aliphatic hydroxyl groups is 1. The summed E-state index contributed by atoms with van der Waals surface area (Å²) in [6.07, 6.45) is 0. The van der Waals surface area contributed by atoms with Crippen LogP contribution in [0.3, 0.4) is 0 Å². The summed E-state index contributed by atoms with van der Waals surface area (Å²) in [6, 6.07) is 9.80. The van der Waals surface area contributed by atoms with Crippen LogP contribution in [0.4, 0.5) is 0 Å². The molecule has 1 aromatic carbocycles. The topological polar surface area (TPSA) is 47.3 Å². The van der Waals surface area contributed by atoms with Gasteiger partial charge in [0.25, 0.3) is 0 Å². The molecule has 0 aliphatic carbocycles. The fraction of sp³-hybridized carbons (Fsp3) is 0.500. The molecule has 1 N–H and O–H groups in total. The van der Waals surface area contributed by atoms with Crippen molar-refractivity contribution < 1.29 is 5.11 Å². The molecule has 0 radical (unpaired) electrons. The quantitative estimate of drug-likeness (QED) is 0.846. The number of hydrogen-bond donors (Lipinski definition) is 1. The van der Waals surface area contributed by atoms with E-state index in [0.717, 1.165) is 12.1 Å². The molecule has 3 nitrogen and oxygen atoms in total. The second-order valence-corrected chi connectivity index (χ2v) is 4.88. The second-order valence-electron chi connectivity index (χ2n) is 4.88. The molecular weight excluding hydrogens is 212 g/mol. The molecule has 0 aromatic heterocycles. The van der Waals surface area contributed by atoms with E-state index in [1.807, 2.05) is 24.3 Å². The lowest BCUT2D eigenvalue weighted by Crippen LogP contribution is -2.38. The third-order valence-electron chi connectivity index (χ3n) is 2.59. The molecule has 1 aromatic rings.